The third-order valence-corrected chi connectivity index (χ3v) is 1.22. The lowest BCUT2D eigenvalue weighted by molar-refractivity contribution is 0.626. The molecule has 0 rings (SSSR count). The third kappa shape index (κ3) is 2.46. The summed E-state index contributed by atoms with van der Waals surface area (Å²) in [5.74, 6) is 0.271. The summed E-state index contributed by atoms with van der Waals surface area (Å²) in [5, 5.41) is 12.1. The molecular formula is C6H11NO. The highest BCUT2D eigenvalue weighted by atomic mass is 16.4. The molecule has 0 saturated carbocycles. The van der Waals surface area contributed by atoms with Crippen molar-refractivity contribution < 1.29 is 0 Å². The summed E-state index contributed by atoms with van der Waals surface area (Å²) < 4.78 is 0. The van der Waals surface area contributed by atoms with Gasteiger partial charge in [0.05, 0.1) is 5.92 Å². The molecule has 0 N–H and O–H groups in total. The monoisotopic (exact) mass is 113 g/mol. The Morgan fingerprint density at radius 2 is 2.00 bits per heavy atom. The van der Waals surface area contributed by atoms with Gasteiger partial charge in [0.15, 0.2) is 0 Å². The molecular weight excluding hydrogens is 102 g/mol. The van der Waals surface area contributed by atoms with E-state index in [2.05, 4.69) is 11.1 Å². The summed E-state index contributed by atoms with van der Waals surface area (Å²) >= 11 is 0. The van der Waals surface area contributed by atoms with E-state index in [1.807, 2.05) is 13.8 Å². The lowest BCUT2D eigenvalue weighted by atomic mass is 10.1. The van der Waals surface area contributed by atoms with Crippen LogP contribution in [0, 0.1) is 17.2 Å². The van der Waals surface area contributed by atoms with Gasteiger partial charge in [-0.05, 0) is 12.8 Å². The second kappa shape index (κ2) is 4.45. The molecule has 0 aliphatic rings. The largest absolute Gasteiger partial charge is 0.498 e. The molecule has 0 saturated heterocycles. The fourth-order valence-electron chi connectivity index (χ4n) is 0.546. The van der Waals surface area contributed by atoms with E-state index in [9.17, 15) is 5.21 Å². The van der Waals surface area contributed by atoms with Gasteiger partial charge in [-0.25, -0.2) is 0 Å². The van der Waals surface area contributed by atoms with Gasteiger partial charge >= 0.3 is 6.07 Å². The maximum Gasteiger partial charge on any atom is 0.301 e. The first-order valence-corrected chi connectivity index (χ1v) is 2.93. The lowest BCUT2D eigenvalue weighted by Crippen LogP contribution is -1.89. The van der Waals surface area contributed by atoms with Gasteiger partial charge < -0.3 is 5.21 Å². The Bertz CT molecular complexity index is 96.8. The fourth-order valence-corrected chi connectivity index (χ4v) is 0.546. The smallest absolute Gasteiger partial charge is 0.301 e. The van der Waals surface area contributed by atoms with Crippen LogP contribution in [0.25, 0.3) is 5.01 Å². The van der Waals surface area contributed by atoms with Crippen LogP contribution in [0.5, 0.6) is 0 Å². The van der Waals surface area contributed by atoms with Crippen molar-refractivity contribution in [1.29, 1.82) is 0 Å². The molecule has 46 valence electrons. The summed E-state index contributed by atoms with van der Waals surface area (Å²) in [6, 6.07) is 2.45. The zero-order valence-corrected chi connectivity index (χ0v) is 5.35. The fraction of sp³-hybridized carbons (Fsp3) is 0.833. The highest BCUT2D eigenvalue weighted by Gasteiger charge is 2.02. The average Bonchev–Trinajstić information content (AvgIpc) is 1.83. The molecule has 0 heterocycles. The maximum absolute atomic E-state index is 9.57. The molecule has 2 heteroatoms. The highest BCUT2D eigenvalue weighted by molar-refractivity contribution is 4.92. The first kappa shape index (κ1) is 7.29. The molecule has 0 unspecified atom stereocenters. The highest BCUT2D eigenvalue weighted by Crippen LogP contribution is 2.04. The number of hydrogen-bond acceptors (Lipinski definition) is 1. The Morgan fingerprint density at radius 3 is 2.12 bits per heavy atom. The van der Waals surface area contributed by atoms with Crippen molar-refractivity contribution >= 4 is 0 Å². The van der Waals surface area contributed by atoms with Gasteiger partial charge in [0.1, 0.15) is 0 Å². The van der Waals surface area contributed by atoms with Crippen LogP contribution in [0.1, 0.15) is 26.7 Å². The quantitative estimate of drug-likeness (QED) is 0.504. The van der Waals surface area contributed by atoms with E-state index in [-0.39, 0.29) is 5.92 Å². The van der Waals surface area contributed by atoms with E-state index in [0.29, 0.717) is 0 Å². The molecule has 0 aliphatic carbocycles. The summed E-state index contributed by atoms with van der Waals surface area (Å²) in [5.41, 5.74) is 0. The third-order valence-electron chi connectivity index (χ3n) is 1.22. The molecule has 8 heavy (non-hydrogen) atoms. The van der Waals surface area contributed by atoms with Crippen molar-refractivity contribution in [2.24, 2.45) is 5.92 Å². The molecule has 0 aromatic rings. The standard InChI is InChI=1S/C6H11NO/c1-3-6(4-2)5-7-8/h6H,3-4H2,1-2H3. The maximum atomic E-state index is 9.57. The van der Waals surface area contributed by atoms with Crippen molar-refractivity contribution in [3.05, 3.63) is 10.2 Å². The second-order valence-corrected chi connectivity index (χ2v) is 1.73. The number of nitrogens with zero attached hydrogens (tertiary/aromatic N) is 1. The summed E-state index contributed by atoms with van der Waals surface area (Å²) in [7, 11) is 0. The van der Waals surface area contributed by atoms with Crippen LogP contribution in [0.3, 0.4) is 0 Å². The van der Waals surface area contributed by atoms with Crippen LogP contribution in [-0.2, 0) is 0 Å². The lowest BCUT2D eigenvalue weighted by Gasteiger charge is -1.91. The van der Waals surface area contributed by atoms with Crippen LogP contribution in [0.2, 0.25) is 0 Å². The minimum Gasteiger partial charge on any atom is -0.498 e. The van der Waals surface area contributed by atoms with Gasteiger partial charge in [0.2, 0.25) is 0 Å². The van der Waals surface area contributed by atoms with E-state index in [4.69, 9.17) is 0 Å². The molecule has 0 aromatic heterocycles. The molecule has 0 aliphatic heterocycles. The topological polar surface area (TPSA) is 27.4 Å². The molecule has 0 radical (unpaired) electrons. The van der Waals surface area contributed by atoms with Crippen molar-refractivity contribution in [3.8, 4) is 6.07 Å². The van der Waals surface area contributed by atoms with Gasteiger partial charge in [-0.15, -0.1) is 0 Å². The molecule has 0 bridgehead atoms. The SMILES string of the molecule is CCC(C#[N+][O-])CC. The molecule has 0 atom stereocenters. The zero-order chi connectivity index (χ0) is 6.41. The molecule has 2 nitrogen and oxygen atoms in total. The van der Waals surface area contributed by atoms with Crippen molar-refractivity contribution in [2.45, 2.75) is 26.7 Å². The minimum absolute atomic E-state index is 0.271. The van der Waals surface area contributed by atoms with Gasteiger partial charge in [0.25, 0.3) is 0 Å². The van der Waals surface area contributed by atoms with E-state index < -0.39 is 0 Å². The average molecular weight is 113 g/mol. The number of rotatable bonds is 2. The van der Waals surface area contributed by atoms with Crippen molar-refractivity contribution in [1.82, 2.24) is 0 Å². The van der Waals surface area contributed by atoms with Gasteiger partial charge in [-0.1, -0.05) is 13.8 Å². The van der Waals surface area contributed by atoms with Crippen LogP contribution in [0.4, 0.5) is 0 Å². The molecule has 0 spiro atoms. The van der Waals surface area contributed by atoms with Gasteiger partial charge in [0, 0.05) is 5.01 Å². The van der Waals surface area contributed by atoms with E-state index in [1.54, 1.807) is 0 Å². The molecule has 0 fully saturated rings. The summed E-state index contributed by atoms with van der Waals surface area (Å²) in [6.45, 7) is 4.04. The van der Waals surface area contributed by atoms with Gasteiger partial charge in [-0.3, -0.25) is 0 Å². The minimum atomic E-state index is 0.271. The zero-order valence-electron chi connectivity index (χ0n) is 5.35. The normalized spacial score (nSPS) is 8.38. The number of hydrogen-bond donors (Lipinski definition) is 0. The van der Waals surface area contributed by atoms with E-state index in [1.165, 1.54) is 0 Å². The van der Waals surface area contributed by atoms with Gasteiger partial charge in [-0.2, -0.15) is 0 Å². The van der Waals surface area contributed by atoms with Crippen molar-refractivity contribution in [2.75, 3.05) is 0 Å². The van der Waals surface area contributed by atoms with Crippen LogP contribution in [-0.4, -0.2) is 0 Å². The van der Waals surface area contributed by atoms with E-state index >= 15 is 0 Å². The Balaban J connectivity index is 3.47. The first-order valence-electron chi connectivity index (χ1n) is 2.93. The van der Waals surface area contributed by atoms with Crippen molar-refractivity contribution in [3.63, 3.8) is 0 Å². The Labute approximate surface area is 49.9 Å². The molecule has 0 amide bonds. The Morgan fingerprint density at radius 1 is 1.50 bits per heavy atom. The predicted octanol–water partition coefficient (Wildman–Crippen LogP) is 2.25. The van der Waals surface area contributed by atoms with Crippen LogP contribution in [0.15, 0.2) is 0 Å². The van der Waals surface area contributed by atoms with E-state index in [0.717, 1.165) is 12.8 Å². The summed E-state index contributed by atoms with van der Waals surface area (Å²) in [4.78, 5) is 0. The first-order chi connectivity index (χ1) is 3.85. The summed E-state index contributed by atoms with van der Waals surface area (Å²) in [6.07, 6.45) is 1.92. The van der Waals surface area contributed by atoms with Crippen LogP contribution >= 0.6 is 0 Å². The predicted molar refractivity (Wildman–Crippen MR) is 34.7 cm³/mol. The second-order valence-electron chi connectivity index (χ2n) is 1.73. The van der Waals surface area contributed by atoms with Crippen LogP contribution < -0.4 is 0 Å². The Hall–Kier alpha value is -0.710. The Kier molecular flexibility index (Phi) is 4.05. The molecule has 0 aromatic carbocycles.